The molecule has 0 saturated heterocycles. The van der Waals surface area contributed by atoms with Crippen molar-refractivity contribution < 1.29 is 13.9 Å². The lowest BCUT2D eigenvalue weighted by molar-refractivity contribution is 0.284. The van der Waals surface area contributed by atoms with Crippen LogP contribution in [0.4, 0.5) is 4.39 Å². The first-order valence-electron chi connectivity index (χ1n) is 5.93. The molecule has 0 atom stereocenters. The van der Waals surface area contributed by atoms with Gasteiger partial charge in [-0.3, -0.25) is 0 Å². The van der Waals surface area contributed by atoms with Gasteiger partial charge in [0.2, 0.25) is 0 Å². The molecule has 0 bridgehead atoms. The summed E-state index contributed by atoms with van der Waals surface area (Å²) in [5, 5.41) is 0.461. The summed E-state index contributed by atoms with van der Waals surface area (Å²) in [5.41, 5.74) is 1.51. The number of ether oxygens (including phenoxy) is 2. The molecule has 2 aromatic rings. The Balaban J connectivity index is 2.16. The fourth-order valence-electron chi connectivity index (χ4n) is 1.72. The van der Waals surface area contributed by atoms with Gasteiger partial charge < -0.3 is 9.47 Å². The van der Waals surface area contributed by atoms with E-state index in [1.54, 1.807) is 19.2 Å². The Kier molecular flexibility index (Phi) is 5.10. The van der Waals surface area contributed by atoms with Gasteiger partial charge in [-0.05, 0) is 35.9 Å². The molecule has 0 spiro atoms. The van der Waals surface area contributed by atoms with Crippen molar-refractivity contribution in [2.24, 2.45) is 0 Å². The van der Waals surface area contributed by atoms with Gasteiger partial charge in [0.05, 0.1) is 7.11 Å². The van der Waals surface area contributed by atoms with Gasteiger partial charge in [-0.1, -0.05) is 17.7 Å². The van der Waals surface area contributed by atoms with Gasteiger partial charge in [0, 0.05) is 16.5 Å². The average Bonchev–Trinajstić information content (AvgIpc) is 2.48. The van der Waals surface area contributed by atoms with E-state index in [1.165, 1.54) is 18.2 Å². The van der Waals surface area contributed by atoms with Crippen LogP contribution >= 0.6 is 23.2 Å². The van der Waals surface area contributed by atoms with Crippen LogP contribution in [0.5, 0.6) is 11.5 Å². The van der Waals surface area contributed by atoms with Crippen molar-refractivity contribution in [3.63, 3.8) is 0 Å². The van der Waals surface area contributed by atoms with Crippen LogP contribution in [-0.4, -0.2) is 7.11 Å². The van der Waals surface area contributed by atoms with Crippen LogP contribution in [0.25, 0.3) is 0 Å². The maximum absolute atomic E-state index is 13.2. The van der Waals surface area contributed by atoms with E-state index in [9.17, 15) is 4.39 Å². The first-order chi connectivity index (χ1) is 9.63. The van der Waals surface area contributed by atoms with E-state index in [0.29, 0.717) is 28.0 Å². The molecule has 0 aliphatic carbocycles. The molecule has 0 radical (unpaired) electrons. The molecule has 0 aliphatic heterocycles. The van der Waals surface area contributed by atoms with Crippen molar-refractivity contribution in [3.8, 4) is 11.5 Å². The molecule has 5 heteroatoms. The highest BCUT2D eigenvalue weighted by molar-refractivity contribution is 6.31. The van der Waals surface area contributed by atoms with Gasteiger partial charge in [0.1, 0.15) is 12.4 Å². The summed E-state index contributed by atoms with van der Waals surface area (Å²) in [4.78, 5) is 0. The molecule has 2 nitrogen and oxygen atoms in total. The van der Waals surface area contributed by atoms with E-state index in [1.807, 2.05) is 6.07 Å². The fourth-order valence-corrected chi connectivity index (χ4v) is 2.06. The molecule has 0 N–H and O–H groups in total. The van der Waals surface area contributed by atoms with Crippen molar-refractivity contribution in [2.75, 3.05) is 7.11 Å². The molecule has 0 aromatic heterocycles. The van der Waals surface area contributed by atoms with Gasteiger partial charge >= 0.3 is 0 Å². The van der Waals surface area contributed by atoms with E-state index in [4.69, 9.17) is 32.7 Å². The number of hydrogen-bond acceptors (Lipinski definition) is 2. The number of hydrogen-bond donors (Lipinski definition) is 0. The Morgan fingerprint density at radius 2 is 1.90 bits per heavy atom. The predicted octanol–water partition coefficient (Wildman–Crippen LogP) is 4.81. The van der Waals surface area contributed by atoms with E-state index in [0.717, 1.165) is 5.56 Å². The first-order valence-corrected chi connectivity index (χ1v) is 6.85. The lowest BCUT2D eigenvalue weighted by atomic mass is 10.2. The maximum atomic E-state index is 13.2. The molecule has 20 heavy (non-hydrogen) atoms. The lowest BCUT2D eigenvalue weighted by Crippen LogP contribution is -1.99. The Bertz CT molecular complexity index is 602. The summed E-state index contributed by atoms with van der Waals surface area (Å²) < 4.78 is 24.0. The number of benzene rings is 2. The smallest absolute Gasteiger partial charge is 0.161 e. The standard InChI is InChI=1S/C15H13Cl2FO2/c1-19-15-6-10(8-16)2-5-14(15)20-9-11-7-12(18)3-4-13(11)17/h2-7H,8-9H2,1H3. The number of methoxy groups -OCH3 is 1. The molecule has 0 amide bonds. The third-order valence-electron chi connectivity index (χ3n) is 2.77. The van der Waals surface area contributed by atoms with Crippen molar-refractivity contribution in [1.82, 2.24) is 0 Å². The number of alkyl halides is 1. The molecule has 2 rings (SSSR count). The topological polar surface area (TPSA) is 18.5 Å². The molecule has 0 heterocycles. The SMILES string of the molecule is COc1cc(CCl)ccc1OCc1cc(F)ccc1Cl. The van der Waals surface area contributed by atoms with Crippen LogP contribution in [0.2, 0.25) is 5.02 Å². The summed E-state index contributed by atoms with van der Waals surface area (Å²) in [5.74, 6) is 1.18. The number of rotatable bonds is 5. The van der Waals surface area contributed by atoms with E-state index < -0.39 is 0 Å². The summed E-state index contributed by atoms with van der Waals surface area (Å²) in [6.45, 7) is 0.160. The Morgan fingerprint density at radius 1 is 1.10 bits per heavy atom. The third kappa shape index (κ3) is 3.56. The molecule has 106 valence electrons. The Labute approximate surface area is 127 Å². The molecule has 0 fully saturated rings. The highest BCUT2D eigenvalue weighted by Gasteiger charge is 2.08. The van der Waals surface area contributed by atoms with Gasteiger partial charge in [-0.2, -0.15) is 0 Å². The van der Waals surface area contributed by atoms with Crippen LogP contribution in [0, 0.1) is 5.82 Å². The van der Waals surface area contributed by atoms with Crippen LogP contribution in [0.15, 0.2) is 36.4 Å². The molecule has 0 aliphatic rings. The van der Waals surface area contributed by atoms with Crippen LogP contribution in [0.1, 0.15) is 11.1 Å². The van der Waals surface area contributed by atoms with Crippen molar-refractivity contribution >= 4 is 23.2 Å². The molecule has 0 saturated carbocycles. The van der Waals surface area contributed by atoms with Crippen molar-refractivity contribution in [3.05, 3.63) is 58.4 Å². The van der Waals surface area contributed by atoms with Crippen molar-refractivity contribution in [2.45, 2.75) is 12.5 Å². The minimum absolute atomic E-state index is 0.160. The van der Waals surface area contributed by atoms with Crippen LogP contribution < -0.4 is 9.47 Å². The predicted molar refractivity (Wildman–Crippen MR) is 78.3 cm³/mol. The summed E-state index contributed by atoms with van der Waals surface area (Å²) in [6, 6.07) is 9.57. The third-order valence-corrected chi connectivity index (χ3v) is 3.45. The van der Waals surface area contributed by atoms with Gasteiger partial charge in [0.25, 0.3) is 0 Å². The van der Waals surface area contributed by atoms with Gasteiger partial charge in [0.15, 0.2) is 11.5 Å². The second-order valence-electron chi connectivity index (χ2n) is 4.14. The molecule has 0 unspecified atom stereocenters. The first kappa shape index (κ1) is 14.9. The Morgan fingerprint density at radius 3 is 2.60 bits per heavy atom. The van der Waals surface area contributed by atoms with Gasteiger partial charge in [-0.15, -0.1) is 11.6 Å². The van der Waals surface area contributed by atoms with E-state index in [2.05, 4.69) is 0 Å². The number of halogens is 3. The second-order valence-corrected chi connectivity index (χ2v) is 4.82. The zero-order chi connectivity index (χ0) is 14.5. The zero-order valence-electron chi connectivity index (χ0n) is 10.8. The van der Waals surface area contributed by atoms with E-state index >= 15 is 0 Å². The summed E-state index contributed by atoms with van der Waals surface area (Å²) in [7, 11) is 1.55. The highest BCUT2D eigenvalue weighted by atomic mass is 35.5. The quantitative estimate of drug-likeness (QED) is 0.738. The van der Waals surface area contributed by atoms with Crippen molar-refractivity contribution in [1.29, 1.82) is 0 Å². The fraction of sp³-hybridized carbons (Fsp3) is 0.200. The molecule has 2 aromatic carbocycles. The van der Waals surface area contributed by atoms with E-state index in [-0.39, 0.29) is 12.4 Å². The highest BCUT2D eigenvalue weighted by Crippen LogP contribution is 2.30. The maximum Gasteiger partial charge on any atom is 0.161 e. The average molecular weight is 315 g/mol. The minimum Gasteiger partial charge on any atom is -0.493 e. The Hall–Kier alpha value is -1.45. The lowest BCUT2D eigenvalue weighted by Gasteiger charge is -2.12. The van der Waals surface area contributed by atoms with Crippen LogP contribution in [0.3, 0.4) is 0 Å². The molecular weight excluding hydrogens is 302 g/mol. The summed E-state index contributed by atoms with van der Waals surface area (Å²) >= 11 is 11.8. The monoisotopic (exact) mass is 314 g/mol. The molecular formula is C15H13Cl2FO2. The second kappa shape index (κ2) is 6.82. The van der Waals surface area contributed by atoms with Gasteiger partial charge in [-0.25, -0.2) is 4.39 Å². The van der Waals surface area contributed by atoms with Crippen LogP contribution in [-0.2, 0) is 12.5 Å². The largest absolute Gasteiger partial charge is 0.493 e. The summed E-state index contributed by atoms with van der Waals surface area (Å²) in [6.07, 6.45) is 0. The zero-order valence-corrected chi connectivity index (χ0v) is 12.3. The normalized spacial score (nSPS) is 10.4. The minimum atomic E-state index is -0.350.